The topological polar surface area (TPSA) is 66.6 Å². The zero-order chi connectivity index (χ0) is 18.9. The maximum atomic E-state index is 13.5. The highest BCUT2D eigenvalue weighted by atomic mass is 19.1. The minimum absolute atomic E-state index is 0.116. The van der Waals surface area contributed by atoms with E-state index in [1.807, 2.05) is 17.0 Å². The van der Waals surface area contributed by atoms with Crippen LogP contribution in [0.4, 0.5) is 9.18 Å². The second-order valence-electron chi connectivity index (χ2n) is 9.03. The molecule has 2 aliphatic heterocycles. The van der Waals surface area contributed by atoms with Crippen molar-refractivity contribution < 1.29 is 14.0 Å². The lowest BCUT2D eigenvalue weighted by Crippen LogP contribution is -2.60. The molecule has 1 aromatic rings. The van der Waals surface area contributed by atoms with E-state index in [9.17, 15) is 14.0 Å². The second kappa shape index (κ2) is 5.46. The Morgan fingerprint density at radius 3 is 2.19 bits per heavy atom. The van der Waals surface area contributed by atoms with E-state index in [1.165, 1.54) is 12.1 Å². The first kappa shape index (κ1) is 17.0. The summed E-state index contributed by atoms with van der Waals surface area (Å²) in [6, 6.07) is 6.78. The Bertz CT molecular complexity index is 784. The molecule has 0 spiro atoms. The molecule has 2 N–H and O–H groups in total. The first-order valence-corrected chi connectivity index (χ1v) is 10.1. The third kappa shape index (κ3) is 2.15. The molecule has 0 radical (unpaired) electrons. The van der Waals surface area contributed by atoms with Crippen LogP contribution in [0.2, 0.25) is 0 Å². The lowest BCUT2D eigenvalue weighted by Gasteiger charge is -2.55. The normalized spacial score (nSPS) is 37.7. The van der Waals surface area contributed by atoms with Gasteiger partial charge in [-0.3, -0.25) is 4.79 Å². The van der Waals surface area contributed by atoms with Crippen molar-refractivity contribution in [2.24, 2.45) is 11.1 Å². The molecule has 5 nitrogen and oxygen atoms in total. The number of rotatable bonds is 3. The number of carbonyl (C=O) groups is 2. The first-order chi connectivity index (χ1) is 12.9. The summed E-state index contributed by atoms with van der Waals surface area (Å²) in [6.45, 7) is 1.43. The standard InChI is InChI=1S/C21H26FN3O2/c22-16-4-2-15(3-5-16)21-6-1-13-24(21)18(27)25(14-21)20-10-7-19(8-11-20,9-12-20)17(23)26/h2-5H,1,6-14H2,(H2,23,26). The van der Waals surface area contributed by atoms with Gasteiger partial charge in [-0.05, 0) is 69.1 Å². The van der Waals surface area contributed by atoms with Crippen LogP contribution in [-0.4, -0.2) is 40.4 Å². The molecule has 5 aliphatic rings. The average Bonchev–Trinajstić information content (AvgIpc) is 3.23. The number of benzene rings is 1. The molecule has 144 valence electrons. The number of nitrogens with zero attached hydrogens (tertiary/aromatic N) is 2. The Morgan fingerprint density at radius 1 is 0.963 bits per heavy atom. The molecule has 3 saturated carbocycles. The van der Waals surface area contributed by atoms with Gasteiger partial charge in [-0.15, -0.1) is 0 Å². The second-order valence-corrected chi connectivity index (χ2v) is 9.03. The number of primary amides is 1. The zero-order valence-corrected chi connectivity index (χ0v) is 15.5. The Kier molecular flexibility index (Phi) is 3.44. The van der Waals surface area contributed by atoms with Crippen LogP contribution in [0.25, 0.3) is 0 Å². The van der Waals surface area contributed by atoms with E-state index in [0.29, 0.717) is 6.54 Å². The van der Waals surface area contributed by atoms with Crippen molar-refractivity contribution in [2.45, 2.75) is 62.4 Å². The van der Waals surface area contributed by atoms with Crippen LogP contribution in [0.5, 0.6) is 0 Å². The maximum Gasteiger partial charge on any atom is 0.321 e. The number of carbonyl (C=O) groups excluding carboxylic acids is 2. The van der Waals surface area contributed by atoms with Crippen molar-refractivity contribution in [3.8, 4) is 0 Å². The summed E-state index contributed by atoms with van der Waals surface area (Å²) in [7, 11) is 0. The lowest BCUT2D eigenvalue weighted by molar-refractivity contribution is -0.137. The molecule has 2 bridgehead atoms. The smallest absolute Gasteiger partial charge is 0.321 e. The van der Waals surface area contributed by atoms with E-state index in [2.05, 4.69) is 4.90 Å². The van der Waals surface area contributed by atoms with Gasteiger partial charge in [-0.1, -0.05) is 12.1 Å². The largest absolute Gasteiger partial charge is 0.369 e. The number of amides is 3. The van der Waals surface area contributed by atoms with Gasteiger partial charge >= 0.3 is 6.03 Å². The van der Waals surface area contributed by atoms with E-state index in [1.54, 1.807) is 0 Å². The summed E-state index contributed by atoms with van der Waals surface area (Å²) < 4.78 is 13.5. The van der Waals surface area contributed by atoms with E-state index in [0.717, 1.165) is 63.5 Å². The van der Waals surface area contributed by atoms with E-state index in [-0.39, 0.29) is 34.2 Å². The summed E-state index contributed by atoms with van der Waals surface area (Å²) in [5.74, 6) is -0.422. The van der Waals surface area contributed by atoms with Gasteiger partial charge < -0.3 is 15.5 Å². The van der Waals surface area contributed by atoms with Gasteiger partial charge in [0.25, 0.3) is 0 Å². The third-order valence-corrected chi connectivity index (χ3v) is 8.05. The van der Waals surface area contributed by atoms with Gasteiger partial charge in [0.2, 0.25) is 5.91 Å². The SMILES string of the molecule is NC(=O)C12CCC(N3CC4(c5ccc(F)cc5)CCCN4C3=O)(CC1)CC2. The molecule has 1 aromatic carbocycles. The minimum Gasteiger partial charge on any atom is -0.369 e. The molecule has 2 saturated heterocycles. The zero-order valence-electron chi connectivity index (χ0n) is 15.5. The molecule has 0 aromatic heterocycles. The molecule has 3 aliphatic carbocycles. The minimum atomic E-state index is -0.352. The quantitative estimate of drug-likeness (QED) is 0.887. The number of fused-ring (bicyclic) bond motifs is 4. The van der Waals surface area contributed by atoms with Gasteiger partial charge in [0.1, 0.15) is 5.82 Å². The summed E-state index contributed by atoms with van der Waals surface area (Å²) in [4.78, 5) is 29.5. The number of hydrogen-bond donors (Lipinski definition) is 1. The molecule has 6 heteroatoms. The molecule has 5 fully saturated rings. The van der Waals surface area contributed by atoms with Gasteiger partial charge in [0.15, 0.2) is 0 Å². The van der Waals surface area contributed by atoms with E-state index < -0.39 is 0 Å². The highest BCUT2D eigenvalue weighted by Gasteiger charge is 2.61. The summed E-state index contributed by atoms with van der Waals surface area (Å²) in [6.07, 6.45) is 6.83. The van der Waals surface area contributed by atoms with Crippen molar-refractivity contribution in [3.05, 3.63) is 35.6 Å². The van der Waals surface area contributed by atoms with Gasteiger partial charge in [0, 0.05) is 17.5 Å². The number of halogens is 1. The van der Waals surface area contributed by atoms with Gasteiger partial charge in [0.05, 0.1) is 12.1 Å². The van der Waals surface area contributed by atoms with Crippen molar-refractivity contribution in [1.82, 2.24) is 9.80 Å². The van der Waals surface area contributed by atoms with Gasteiger partial charge in [-0.2, -0.15) is 0 Å². The molecule has 1 atom stereocenters. The monoisotopic (exact) mass is 371 g/mol. The molecular formula is C21H26FN3O2. The van der Waals surface area contributed by atoms with Gasteiger partial charge in [-0.25, -0.2) is 9.18 Å². The third-order valence-electron chi connectivity index (χ3n) is 8.05. The molecule has 1 unspecified atom stereocenters. The predicted octanol–water partition coefficient (Wildman–Crippen LogP) is 3.13. The number of hydrogen-bond acceptors (Lipinski definition) is 2. The van der Waals surface area contributed by atoms with Crippen LogP contribution >= 0.6 is 0 Å². The fourth-order valence-corrected chi connectivity index (χ4v) is 6.26. The number of nitrogens with two attached hydrogens (primary N) is 1. The Labute approximate surface area is 158 Å². The van der Waals surface area contributed by atoms with Crippen LogP contribution in [0, 0.1) is 11.2 Å². The predicted molar refractivity (Wildman–Crippen MR) is 98.2 cm³/mol. The number of urea groups is 1. The van der Waals surface area contributed by atoms with Crippen LogP contribution < -0.4 is 5.73 Å². The van der Waals surface area contributed by atoms with Crippen LogP contribution in [0.15, 0.2) is 24.3 Å². The van der Waals surface area contributed by atoms with Crippen LogP contribution in [0.3, 0.4) is 0 Å². The Balaban J connectivity index is 1.47. The molecular weight excluding hydrogens is 345 g/mol. The molecule has 2 heterocycles. The Morgan fingerprint density at radius 2 is 1.59 bits per heavy atom. The highest BCUT2D eigenvalue weighted by molar-refractivity contribution is 5.82. The molecule has 27 heavy (non-hydrogen) atoms. The maximum absolute atomic E-state index is 13.5. The summed E-state index contributed by atoms with van der Waals surface area (Å²) in [5.41, 5.74) is 5.88. The Hall–Kier alpha value is -2.11. The van der Waals surface area contributed by atoms with E-state index in [4.69, 9.17) is 5.73 Å². The lowest BCUT2D eigenvalue weighted by atomic mass is 9.56. The van der Waals surface area contributed by atoms with Crippen LogP contribution in [-0.2, 0) is 10.3 Å². The summed E-state index contributed by atoms with van der Waals surface area (Å²) in [5, 5.41) is 0. The average molecular weight is 371 g/mol. The molecule has 6 rings (SSSR count). The van der Waals surface area contributed by atoms with Crippen molar-refractivity contribution >= 4 is 11.9 Å². The summed E-state index contributed by atoms with van der Waals surface area (Å²) >= 11 is 0. The first-order valence-electron chi connectivity index (χ1n) is 10.1. The van der Waals surface area contributed by atoms with Crippen LogP contribution in [0.1, 0.15) is 56.9 Å². The fraction of sp³-hybridized carbons (Fsp3) is 0.619. The fourth-order valence-electron chi connectivity index (χ4n) is 6.26. The highest BCUT2D eigenvalue weighted by Crippen LogP contribution is 2.57. The van der Waals surface area contributed by atoms with Crippen molar-refractivity contribution in [2.75, 3.05) is 13.1 Å². The van der Waals surface area contributed by atoms with Crippen molar-refractivity contribution in [1.29, 1.82) is 0 Å². The van der Waals surface area contributed by atoms with E-state index >= 15 is 0 Å². The molecule has 3 amide bonds. The van der Waals surface area contributed by atoms with Crippen molar-refractivity contribution in [3.63, 3.8) is 0 Å².